The van der Waals surface area contributed by atoms with Crippen LogP contribution in [0.5, 0.6) is 0 Å². The molecule has 4 aromatic rings. The second-order valence-corrected chi connectivity index (χ2v) is 6.52. The molecule has 2 N–H and O–H groups in total. The second-order valence-electron chi connectivity index (χ2n) is 6.52. The van der Waals surface area contributed by atoms with Gasteiger partial charge >= 0.3 is 0 Å². The van der Waals surface area contributed by atoms with Gasteiger partial charge in [-0.05, 0) is 47.5 Å². The number of hydrogen-bond acceptors (Lipinski definition) is 4. The van der Waals surface area contributed by atoms with E-state index in [4.69, 9.17) is 0 Å². The van der Waals surface area contributed by atoms with Gasteiger partial charge in [0.2, 0.25) is 5.95 Å². The summed E-state index contributed by atoms with van der Waals surface area (Å²) < 4.78 is 39.8. The molecule has 0 aliphatic rings. The Balaban J connectivity index is 1.59. The van der Waals surface area contributed by atoms with Crippen LogP contribution in [0.4, 0.5) is 24.9 Å². The van der Waals surface area contributed by atoms with Gasteiger partial charge in [-0.25, -0.2) is 18.2 Å². The van der Waals surface area contributed by atoms with E-state index >= 15 is 0 Å². The van der Waals surface area contributed by atoms with Crippen molar-refractivity contribution >= 4 is 22.7 Å². The van der Waals surface area contributed by atoms with E-state index in [1.54, 1.807) is 30.3 Å². The van der Waals surface area contributed by atoms with Crippen LogP contribution in [0, 0.1) is 17.5 Å². The van der Waals surface area contributed by atoms with Crippen molar-refractivity contribution in [1.29, 1.82) is 0 Å². The highest BCUT2D eigenvalue weighted by Gasteiger charge is 2.09. The molecule has 0 saturated carbocycles. The summed E-state index contributed by atoms with van der Waals surface area (Å²) in [6.07, 6.45) is 0. The first kappa shape index (κ1) is 18.7. The molecule has 0 bridgehead atoms. The SMILES string of the molecule is Fc1ccc(CNc2nc(NCc3ccc(F)cc3)c3ccc(F)cc3n2)cc1. The summed E-state index contributed by atoms with van der Waals surface area (Å²) >= 11 is 0. The van der Waals surface area contributed by atoms with Crippen molar-refractivity contribution in [1.82, 2.24) is 9.97 Å². The highest BCUT2D eigenvalue weighted by molar-refractivity contribution is 5.90. The van der Waals surface area contributed by atoms with Crippen molar-refractivity contribution in [2.45, 2.75) is 13.1 Å². The maximum Gasteiger partial charge on any atom is 0.225 e. The lowest BCUT2D eigenvalue weighted by atomic mass is 10.2. The lowest BCUT2D eigenvalue weighted by Crippen LogP contribution is -2.08. The predicted molar refractivity (Wildman–Crippen MR) is 107 cm³/mol. The van der Waals surface area contributed by atoms with Crippen LogP contribution in [0.15, 0.2) is 66.7 Å². The van der Waals surface area contributed by atoms with E-state index in [0.29, 0.717) is 35.8 Å². The van der Waals surface area contributed by atoms with Crippen molar-refractivity contribution in [3.63, 3.8) is 0 Å². The number of nitrogens with one attached hydrogen (secondary N) is 2. The van der Waals surface area contributed by atoms with Crippen LogP contribution in [0.3, 0.4) is 0 Å². The van der Waals surface area contributed by atoms with Crippen molar-refractivity contribution in [3.8, 4) is 0 Å². The van der Waals surface area contributed by atoms with Gasteiger partial charge in [0.1, 0.15) is 23.3 Å². The Labute approximate surface area is 165 Å². The molecule has 0 saturated heterocycles. The minimum atomic E-state index is -0.398. The fourth-order valence-electron chi connectivity index (χ4n) is 2.89. The van der Waals surface area contributed by atoms with E-state index in [1.807, 2.05) is 0 Å². The van der Waals surface area contributed by atoms with Crippen LogP contribution in [0.2, 0.25) is 0 Å². The van der Waals surface area contributed by atoms with Gasteiger partial charge in [-0.15, -0.1) is 0 Å². The topological polar surface area (TPSA) is 49.8 Å². The first-order chi connectivity index (χ1) is 14.1. The molecule has 29 heavy (non-hydrogen) atoms. The molecule has 146 valence electrons. The molecule has 0 spiro atoms. The number of aromatic nitrogens is 2. The molecular weight excluding hydrogens is 377 g/mol. The number of fused-ring (bicyclic) bond motifs is 1. The molecule has 0 fully saturated rings. The Bertz CT molecular complexity index is 1130. The average molecular weight is 394 g/mol. The number of hydrogen-bond donors (Lipinski definition) is 2. The maximum absolute atomic E-state index is 13.7. The van der Waals surface area contributed by atoms with Crippen LogP contribution in [0.1, 0.15) is 11.1 Å². The zero-order valence-corrected chi connectivity index (χ0v) is 15.3. The van der Waals surface area contributed by atoms with Crippen LogP contribution in [0.25, 0.3) is 10.9 Å². The third kappa shape index (κ3) is 4.63. The van der Waals surface area contributed by atoms with Crippen molar-refractivity contribution in [2.24, 2.45) is 0 Å². The third-order valence-electron chi connectivity index (χ3n) is 4.40. The lowest BCUT2D eigenvalue weighted by Gasteiger charge is -2.12. The summed E-state index contributed by atoms with van der Waals surface area (Å²) in [6.45, 7) is 0.805. The molecule has 4 nitrogen and oxygen atoms in total. The number of rotatable bonds is 6. The van der Waals surface area contributed by atoms with Gasteiger partial charge in [-0.2, -0.15) is 4.98 Å². The molecule has 0 atom stereocenters. The Morgan fingerprint density at radius 2 is 1.17 bits per heavy atom. The first-order valence-electron chi connectivity index (χ1n) is 9.01. The van der Waals surface area contributed by atoms with Crippen molar-refractivity contribution in [3.05, 3.63) is 95.3 Å². The first-order valence-corrected chi connectivity index (χ1v) is 9.01. The summed E-state index contributed by atoms with van der Waals surface area (Å²) in [4.78, 5) is 8.86. The highest BCUT2D eigenvalue weighted by atomic mass is 19.1. The molecule has 4 rings (SSSR count). The summed E-state index contributed by atoms with van der Waals surface area (Å²) in [6, 6.07) is 16.5. The lowest BCUT2D eigenvalue weighted by molar-refractivity contribution is 0.626. The summed E-state index contributed by atoms with van der Waals surface area (Å²) in [5.41, 5.74) is 2.18. The number of nitrogens with zero attached hydrogens (tertiary/aromatic N) is 2. The highest BCUT2D eigenvalue weighted by Crippen LogP contribution is 2.24. The van der Waals surface area contributed by atoms with Crippen molar-refractivity contribution < 1.29 is 13.2 Å². The van der Waals surface area contributed by atoms with E-state index in [1.165, 1.54) is 36.4 Å². The second kappa shape index (κ2) is 8.18. The normalized spacial score (nSPS) is 10.9. The standard InChI is InChI=1S/C22H17F3N4/c23-16-5-1-14(2-6-16)12-26-21-19-10-9-18(25)11-20(19)28-22(29-21)27-13-15-3-7-17(24)8-4-15/h1-11H,12-13H2,(H2,26,27,28,29). The van der Waals surface area contributed by atoms with Gasteiger partial charge in [-0.3, -0.25) is 0 Å². The molecule has 0 unspecified atom stereocenters. The zero-order valence-electron chi connectivity index (χ0n) is 15.3. The van der Waals surface area contributed by atoms with Crippen LogP contribution < -0.4 is 10.6 Å². The van der Waals surface area contributed by atoms with Gasteiger partial charge in [0.25, 0.3) is 0 Å². The van der Waals surface area contributed by atoms with Crippen molar-refractivity contribution in [2.75, 3.05) is 10.6 Å². The molecule has 0 aliphatic carbocycles. The number of halogens is 3. The largest absolute Gasteiger partial charge is 0.365 e. The van der Waals surface area contributed by atoms with Gasteiger partial charge in [-0.1, -0.05) is 24.3 Å². The predicted octanol–water partition coefficient (Wildman–Crippen LogP) is 5.27. The Morgan fingerprint density at radius 3 is 1.79 bits per heavy atom. The Hall–Kier alpha value is -3.61. The van der Waals surface area contributed by atoms with E-state index in [-0.39, 0.29) is 11.6 Å². The van der Waals surface area contributed by atoms with Crippen LogP contribution in [-0.2, 0) is 13.1 Å². The summed E-state index contributed by atoms with van der Waals surface area (Å²) in [7, 11) is 0. The van der Waals surface area contributed by atoms with Crippen LogP contribution >= 0.6 is 0 Å². The fourth-order valence-corrected chi connectivity index (χ4v) is 2.89. The molecule has 1 aromatic heterocycles. The molecule has 7 heteroatoms. The quantitative estimate of drug-likeness (QED) is 0.468. The minimum Gasteiger partial charge on any atom is -0.365 e. The van der Waals surface area contributed by atoms with Crippen LogP contribution in [-0.4, -0.2) is 9.97 Å². The summed E-state index contributed by atoms with van der Waals surface area (Å²) in [5.74, 6) is -0.164. The molecular formula is C22H17F3N4. The number of anilines is 2. The van der Waals surface area contributed by atoms with Gasteiger partial charge in [0, 0.05) is 24.5 Å². The smallest absolute Gasteiger partial charge is 0.225 e. The Morgan fingerprint density at radius 1 is 0.621 bits per heavy atom. The Kier molecular flexibility index (Phi) is 5.29. The van der Waals surface area contributed by atoms with E-state index in [9.17, 15) is 13.2 Å². The van der Waals surface area contributed by atoms with Gasteiger partial charge in [0.15, 0.2) is 0 Å². The minimum absolute atomic E-state index is 0.302. The summed E-state index contributed by atoms with van der Waals surface area (Å²) in [5, 5.41) is 6.95. The third-order valence-corrected chi connectivity index (χ3v) is 4.40. The van der Waals surface area contributed by atoms with Gasteiger partial charge in [0.05, 0.1) is 5.52 Å². The van der Waals surface area contributed by atoms with E-state index < -0.39 is 5.82 Å². The molecule has 0 radical (unpaired) electrons. The van der Waals surface area contributed by atoms with E-state index in [2.05, 4.69) is 20.6 Å². The molecule has 0 aliphatic heterocycles. The number of benzene rings is 3. The molecule has 1 heterocycles. The molecule has 3 aromatic carbocycles. The van der Waals surface area contributed by atoms with E-state index in [0.717, 1.165) is 11.1 Å². The zero-order chi connectivity index (χ0) is 20.2. The molecule has 0 amide bonds. The fraction of sp³-hybridized carbons (Fsp3) is 0.0909. The monoisotopic (exact) mass is 394 g/mol. The average Bonchev–Trinajstić information content (AvgIpc) is 2.72. The van der Waals surface area contributed by atoms with Gasteiger partial charge < -0.3 is 10.6 Å². The maximum atomic E-state index is 13.7.